The summed E-state index contributed by atoms with van der Waals surface area (Å²) in [4.78, 5) is 38.3. The lowest BCUT2D eigenvalue weighted by Gasteiger charge is -2.34. The molecule has 0 saturated carbocycles. The van der Waals surface area contributed by atoms with Gasteiger partial charge in [0, 0.05) is 24.3 Å². The number of nitrogens with zero attached hydrogens (tertiary/aromatic N) is 3. The number of amides is 1. The number of halogens is 1. The van der Waals surface area contributed by atoms with Crippen molar-refractivity contribution in [2.45, 2.75) is 39.2 Å². The minimum atomic E-state index is -1.53. The van der Waals surface area contributed by atoms with Gasteiger partial charge in [0.05, 0.1) is 18.9 Å². The van der Waals surface area contributed by atoms with E-state index in [1.165, 1.54) is 13.8 Å². The van der Waals surface area contributed by atoms with E-state index in [1.54, 1.807) is 6.92 Å². The van der Waals surface area contributed by atoms with Crippen molar-refractivity contribution in [2.75, 3.05) is 25.1 Å². The molecule has 0 radical (unpaired) electrons. The summed E-state index contributed by atoms with van der Waals surface area (Å²) in [6.07, 6.45) is 0.393. The second-order valence-electron chi connectivity index (χ2n) is 6.51. The van der Waals surface area contributed by atoms with Crippen LogP contribution in [0, 0.1) is 12.7 Å². The van der Waals surface area contributed by atoms with Crippen LogP contribution in [0.25, 0.3) is 10.4 Å². The molecule has 2 rings (SSSR count). The number of Topliss-reactive ketones (excluding diaryl/α,β-unsaturated/α-hetero) is 1. The summed E-state index contributed by atoms with van der Waals surface area (Å²) < 4.78 is 24.4. The van der Waals surface area contributed by atoms with Gasteiger partial charge in [0.25, 0.3) is 0 Å². The fraction of sp³-hybridized carbons (Fsp3) is 0.500. The van der Waals surface area contributed by atoms with Crippen LogP contribution < -0.4 is 5.32 Å². The molecule has 1 N–H and O–H groups in total. The van der Waals surface area contributed by atoms with E-state index in [1.807, 2.05) is 0 Å². The van der Waals surface area contributed by atoms with Crippen molar-refractivity contribution >= 4 is 23.3 Å². The number of fused-ring (bicyclic) bond motifs is 1. The van der Waals surface area contributed by atoms with Crippen molar-refractivity contribution in [3.63, 3.8) is 0 Å². The standard InChI is InChI=1S/C18H21FN4O5/c1-10-13-4-5-18(22-23-20,9-27-6-7-28-12(3)25)17(26)16(13)15(8-14(10)19)21-11(2)24/h8H,4-7,9H2,1-3H3,(H,21,24). The molecule has 9 nitrogen and oxygen atoms in total. The molecule has 0 fully saturated rings. The van der Waals surface area contributed by atoms with Crippen molar-refractivity contribution in [3.05, 3.63) is 39.0 Å². The number of azide groups is 1. The zero-order valence-corrected chi connectivity index (χ0v) is 15.9. The normalized spacial score (nSPS) is 18.1. The van der Waals surface area contributed by atoms with Crippen molar-refractivity contribution in [2.24, 2.45) is 5.11 Å². The first kappa shape index (κ1) is 21.3. The zero-order valence-electron chi connectivity index (χ0n) is 15.9. The van der Waals surface area contributed by atoms with Crippen LogP contribution in [0.4, 0.5) is 10.1 Å². The largest absolute Gasteiger partial charge is 0.463 e. The number of hydrogen-bond donors (Lipinski definition) is 1. The van der Waals surface area contributed by atoms with Gasteiger partial charge < -0.3 is 14.8 Å². The first-order valence-electron chi connectivity index (χ1n) is 8.63. The van der Waals surface area contributed by atoms with E-state index >= 15 is 0 Å². The van der Waals surface area contributed by atoms with E-state index in [2.05, 4.69) is 15.3 Å². The van der Waals surface area contributed by atoms with Gasteiger partial charge in [0.2, 0.25) is 5.91 Å². The number of ketones is 1. The summed E-state index contributed by atoms with van der Waals surface area (Å²) in [5.41, 5.74) is 8.39. The maximum Gasteiger partial charge on any atom is 0.302 e. The summed E-state index contributed by atoms with van der Waals surface area (Å²) in [6, 6.07) is 1.08. The summed E-state index contributed by atoms with van der Waals surface area (Å²) in [7, 11) is 0. The maximum atomic E-state index is 14.2. The molecule has 28 heavy (non-hydrogen) atoms. The molecule has 0 saturated heterocycles. The third kappa shape index (κ3) is 4.47. The van der Waals surface area contributed by atoms with Crippen LogP contribution in [0.15, 0.2) is 11.2 Å². The smallest absolute Gasteiger partial charge is 0.302 e. The summed E-state index contributed by atoms with van der Waals surface area (Å²) in [5, 5.41) is 6.16. The van der Waals surface area contributed by atoms with E-state index < -0.39 is 29.0 Å². The van der Waals surface area contributed by atoms with Crippen LogP contribution in [0.3, 0.4) is 0 Å². The highest BCUT2D eigenvalue weighted by atomic mass is 19.1. The van der Waals surface area contributed by atoms with Gasteiger partial charge >= 0.3 is 5.97 Å². The number of carbonyl (C=O) groups excluding carboxylic acids is 3. The number of ether oxygens (including phenoxy) is 2. The summed E-state index contributed by atoms with van der Waals surface area (Å²) in [5.74, 6) is -2.01. The molecule has 1 atom stereocenters. The van der Waals surface area contributed by atoms with Gasteiger partial charge in [-0.3, -0.25) is 14.4 Å². The quantitative estimate of drug-likeness (QED) is 0.251. The lowest BCUT2D eigenvalue weighted by atomic mass is 9.75. The Morgan fingerprint density at radius 3 is 2.71 bits per heavy atom. The minimum Gasteiger partial charge on any atom is -0.463 e. The van der Waals surface area contributed by atoms with Crippen molar-refractivity contribution < 1.29 is 28.2 Å². The summed E-state index contributed by atoms with van der Waals surface area (Å²) in [6.45, 7) is 3.84. The van der Waals surface area contributed by atoms with Crippen LogP contribution in [-0.2, 0) is 25.5 Å². The number of carbonyl (C=O) groups is 3. The van der Waals surface area contributed by atoms with Crippen LogP contribution in [0.2, 0.25) is 0 Å². The van der Waals surface area contributed by atoms with E-state index in [-0.39, 0.29) is 43.9 Å². The topological polar surface area (TPSA) is 130 Å². The first-order chi connectivity index (χ1) is 13.2. The van der Waals surface area contributed by atoms with Crippen LogP contribution in [0.1, 0.15) is 41.8 Å². The SMILES string of the molecule is CC(=O)Nc1cc(F)c(C)c2c1C(=O)C(COCCOC(C)=O)(N=[N+]=[N-])CC2. The molecule has 1 aliphatic carbocycles. The highest BCUT2D eigenvalue weighted by Gasteiger charge is 2.44. The minimum absolute atomic E-state index is 0.00603. The molecule has 0 aromatic heterocycles. The molecule has 0 heterocycles. The predicted molar refractivity (Wildman–Crippen MR) is 97.4 cm³/mol. The van der Waals surface area contributed by atoms with Gasteiger partial charge in [-0.25, -0.2) is 4.39 Å². The predicted octanol–water partition coefficient (Wildman–Crippen LogP) is 2.85. The Bertz CT molecular complexity index is 866. The van der Waals surface area contributed by atoms with Gasteiger partial charge in [-0.2, -0.15) is 0 Å². The molecular formula is C18H21FN4O5. The van der Waals surface area contributed by atoms with Gasteiger partial charge in [-0.1, -0.05) is 5.11 Å². The van der Waals surface area contributed by atoms with E-state index in [0.29, 0.717) is 11.1 Å². The van der Waals surface area contributed by atoms with Gasteiger partial charge in [0.1, 0.15) is 18.0 Å². The van der Waals surface area contributed by atoms with Crippen molar-refractivity contribution in [1.82, 2.24) is 0 Å². The number of benzene rings is 1. The average Bonchev–Trinajstić information content (AvgIpc) is 2.61. The van der Waals surface area contributed by atoms with Gasteiger partial charge in [0.15, 0.2) is 5.78 Å². The lowest BCUT2D eigenvalue weighted by molar-refractivity contribution is -0.142. The third-order valence-electron chi connectivity index (χ3n) is 4.51. The summed E-state index contributed by atoms with van der Waals surface area (Å²) >= 11 is 0. The molecule has 1 amide bonds. The monoisotopic (exact) mass is 392 g/mol. The molecule has 1 aliphatic rings. The van der Waals surface area contributed by atoms with Gasteiger partial charge in [-0.05, 0) is 42.5 Å². The fourth-order valence-corrected chi connectivity index (χ4v) is 3.17. The number of esters is 1. The maximum absolute atomic E-state index is 14.2. The Morgan fingerprint density at radius 1 is 1.39 bits per heavy atom. The molecular weight excluding hydrogens is 371 g/mol. The fourth-order valence-electron chi connectivity index (χ4n) is 3.17. The van der Waals surface area contributed by atoms with Crippen molar-refractivity contribution in [3.8, 4) is 0 Å². The van der Waals surface area contributed by atoms with Crippen LogP contribution in [0.5, 0.6) is 0 Å². The lowest BCUT2D eigenvalue weighted by Crippen LogP contribution is -2.45. The van der Waals surface area contributed by atoms with Gasteiger partial charge in [-0.15, -0.1) is 0 Å². The highest BCUT2D eigenvalue weighted by molar-refractivity contribution is 6.11. The highest BCUT2D eigenvalue weighted by Crippen LogP contribution is 2.38. The Hall–Kier alpha value is -2.97. The average molecular weight is 392 g/mol. The Balaban J connectivity index is 2.37. The molecule has 1 aromatic carbocycles. The number of rotatable bonds is 7. The number of nitrogens with one attached hydrogen (secondary N) is 1. The molecule has 1 unspecified atom stereocenters. The van der Waals surface area contributed by atoms with Crippen LogP contribution in [-0.4, -0.2) is 43.0 Å². The van der Waals surface area contributed by atoms with Crippen LogP contribution >= 0.6 is 0 Å². The second kappa shape index (κ2) is 8.81. The van der Waals surface area contributed by atoms with E-state index in [9.17, 15) is 18.8 Å². The Labute approximate surface area is 160 Å². The molecule has 1 aromatic rings. The number of anilines is 1. The van der Waals surface area contributed by atoms with Crippen molar-refractivity contribution in [1.29, 1.82) is 0 Å². The molecule has 0 spiro atoms. The van der Waals surface area contributed by atoms with E-state index in [0.717, 1.165) is 6.07 Å². The Morgan fingerprint density at radius 2 is 2.11 bits per heavy atom. The van der Waals surface area contributed by atoms with E-state index in [4.69, 9.17) is 15.0 Å². The molecule has 150 valence electrons. The molecule has 0 bridgehead atoms. The first-order valence-corrected chi connectivity index (χ1v) is 8.63. The zero-order chi connectivity index (χ0) is 20.9. The molecule has 10 heteroatoms. The number of hydrogen-bond acceptors (Lipinski definition) is 6. The molecule has 0 aliphatic heterocycles. The second-order valence-corrected chi connectivity index (χ2v) is 6.51. The Kier molecular flexibility index (Phi) is 6.71. The third-order valence-corrected chi connectivity index (χ3v) is 4.51.